The van der Waals surface area contributed by atoms with E-state index >= 15 is 0 Å². The minimum absolute atomic E-state index is 0.0979. The molecule has 0 radical (unpaired) electrons. The smallest absolute Gasteiger partial charge is 0.380 e. The molecule has 0 rings (SSSR count). The third kappa shape index (κ3) is 12.3. The maximum atomic E-state index is 11.3. The van der Waals surface area contributed by atoms with Crippen molar-refractivity contribution < 1.29 is 42.2 Å². The van der Waals surface area contributed by atoms with Gasteiger partial charge < -0.3 is 29.6 Å². The number of hydrogen-bond donors (Lipinski definition) is 5. The van der Waals surface area contributed by atoms with E-state index < -0.39 is 28.4 Å². The summed E-state index contributed by atoms with van der Waals surface area (Å²) in [7, 11) is -7.04. The van der Waals surface area contributed by atoms with Crippen LogP contribution in [0, 0.1) is 5.41 Å². The molecule has 1 unspecified atom stereocenters. The zero-order valence-electron chi connectivity index (χ0n) is 13.1. The summed E-state index contributed by atoms with van der Waals surface area (Å²) in [5.74, 6) is -0.0979. The SMILES string of the molecule is CO[C@@H](CCN(C)/C=C\C(=N)NC=O)COP(=O)(O)OP(=O)(O)O. The lowest BCUT2D eigenvalue weighted by molar-refractivity contribution is -0.108. The van der Waals surface area contributed by atoms with Crippen molar-refractivity contribution in [1.29, 1.82) is 5.41 Å². The second kappa shape index (κ2) is 10.7. The Morgan fingerprint density at radius 2 is 2.00 bits per heavy atom. The van der Waals surface area contributed by atoms with Gasteiger partial charge in [0.25, 0.3) is 0 Å². The molecule has 0 fully saturated rings. The van der Waals surface area contributed by atoms with Gasteiger partial charge in [-0.25, -0.2) is 9.13 Å². The van der Waals surface area contributed by atoms with Crippen LogP contribution < -0.4 is 5.32 Å². The molecule has 140 valence electrons. The molecule has 0 aliphatic carbocycles. The van der Waals surface area contributed by atoms with E-state index in [9.17, 15) is 13.9 Å². The van der Waals surface area contributed by atoms with Crippen molar-refractivity contribution in [2.24, 2.45) is 0 Å². The molecule has 0 aromatic rings. The lowest BCUT2D eigenvalue weighted by Crippen LogP contribution is -2.25. The van der Waals surface area contributed by atoms with Gasteiger partial charge >= 0.3 is 15.6 Å². The summed E-state index contributed by atoms with van der Waals surface area (Å²) in [5, 5.41) is 9.44. The van der Waals surface area contributed by atoms with Crippen molar-refractivity contribution in [3.63, 3.8) is 0 Å². The van der Waals surface area contributed by atoms with E-state index in [0.717, 1.165) is 0 Å². The first-order valence-corrected chi connectivity index (χ1v) is 9.46. The topological polar surface area (TPSA) is 179 Å². The van der Waals surface area contributed by atoms with Crippen molar-refractivity contribution >= 4 is 27.9 Å². The summed E-state index contributed by atoms with van der Waals surface area (Å²) >= 11 is 0. The van der Waals surface area contributed by atoms with Gasteiger partial charge in [-0.15, -0.1) is 0 Å². The number of rotatable bonds is 12. The first kappa shape index (κ1) is 22.9. The number of ether oxygens (including phenoxy) is 1. The second-order valence-corrected chi connectivity index (χ2v) is 7.28. The largest absolute Gasteiger partial charge is 0.481 e. The molecule has 24 heavy (non-hydrogen) atoms. The Labute approximate surface area is 138 Å². The number of carbonyl (C=O) groups is 1. The monoisotopic (exact) mass is 389 g/mol. The van der Waals surface area contributed by atoms with Gasteiger partial charge in [-0.3, -0.25) is 14.7 Å². The molecule has 12 nitrogen and oxygen atoms in total. The third-order valence-corrected chi connectivity index (χ3v) is 4.63. The number of phosphoric acid groups is 2. The van der Waals surface area contributed by atoms with Crippen LogP contribution in [0.25, 0.3) is 0 Å². The molecule has 0 heterocycles. The van der Waals surface area contributed by atoms with Crippen LogP contribution in [0.5, 0.6) is 0 Å². The normalized spacial score (nSPS) is 15.7. The molecule has 0 aromatic carbocycles. The van der Waals surface area contributed by atoms with Gasteiger partial charge in [0, 0.05) is 26.9 Å². The number of nitrogens with zero attached hydrogens (tertiary/aromatic N) is 1. The maximum absolute atomic E-state index is 11.3. The Bertz CT molecular complexity index is 536. The van der Waals surface area contributed by atoms with Crippen LogP contribution in [0.4, 0.5) is 0 Å². The first-order valence-electron chi connectivity index (χ1n) is 6.43. The van der Waals surface area contributed by atoms with Crippen LogP contribution in [-0.4, -0.2) is 65.2 Å². The Kier molecular flexibility index (Phi) is 10.2. The molecule has 14 heteroatoms. The van der Waals surface area contributed by atoms with Crippen molar-refractivity contribution in [3.05, 3.63) is 12.3 Å². The fourth-order valence-electron chi connectivity index (χ4n) is 1.34. The molecule has 0 aliphatic rings. The van der Waals surface area contributed by atoms with Crippen LogP contribution in [0.3, 0.4) is 0 Å². The van der Waals surface area contributed by atoms with E-state index in [2.05, 4.69) is 14.2 Å². The third-order valence-electron chi connectivity index (χ3n) is 2.48. The van der Waals surface area contributed by atoms with Crippen LogP contribution in [0.15, 0.2) is 12.3 Å². The summed E-state index contributed by atoms with van der Waals surface area (Å²) in [6, 6.07) is 0. The Balaban J connectivity index is 4.32. The molecule has 0 aromatic heterocycles. The van der Waals surface area contributed by atoms with E-state index in [1.165, 1.54) is 19.4 Å². The molecule has 0 bridgehead atoms. The van der Waals surface area contributed by atoms with Crippen LogP contribution in [-0.2, 0) is 27.5 Å². The van der Waals surface area contributed by atoms with Gasteiger partial charge in [0.15, 0.2) is 0 Å². The van der Waals surface area contributed by atoms with Gasteiger partial charge in [0.05, 0.1) is 12.7 Å². The highest BCUT2D eigenvalue weighted by atomic mass is 31.3. The Hall–Kier alpha value is -1.10. The summed E-state index contributed by atoms with van der Waals surface area (Å²) in [6.45, 7) is -0.0217. The standard InChI is InChI=1S/C10H21N3O9P2/c1-13(6-4-10(11)12-8-14)5-3-9(20-2)7-21-24(18,19)22-23(15,16)17/h4,6,8-9H,3,5,7H2,1-2H3,(H,18,19)(H2,11,12,14)(H2,15,16,17)/b6-4-/t9-/m0/s1. The average molecular weight is 389 g/mol. The quantitative estimate of drug-likeness (QED) is 0.130. The predicted molar refractivity (Wildman–Crippen MR) is 83.0 cm³/mol. The molecular weight excluding hydrogens is 368 g/mol. The van der Waals surface area contributed by atoms with E-state index in [-0.39, 0.29) is 5.84 Å². The Morgan fingerprint density at radius 1 is 1.38 bits per heavy atom. The number of nitrogens with one attached hydrogen (secondary N) is 2. The van der Waals surface area contributed by atoms with E-state index in [1.807, 2.05) is 0 Å². The molecule has 0 aliphatic heterocycles. The lowest BCUT2D eigenvalue weighted by Gasteiger charge is -2.20. The first-order chi connectivity index (χ1) is 11.0. The van der Waals surface area contributed by atoms with Crippen molar-refractivity contribution in [2.45, 2.75) is 12.5 Å². The zero-order valence-corrected chi connectivity index (χ0v) is 14.9. The highest BCUT2D eigenvalue weighted by molar-refractivity contribution is 7.60. The van der Waals surface area contributed by atoms with Crippen LogP contribution in [0.1, 0.15) is 6.42 Å². The average Bonchev–Trinajstić information content (AvgIpc) is 2.43. The molecule has 0 spiro atoms. The molecule has 0 saturated heterocycles. The van der Waals surface area contributed by atoms with Gasteiger partial charge in [-0.2, -0.15) is 4.31 Å². The van der Waals surface area contributed by atoms with Gasteiger partial charge in [0.2, 0.25) is 6.41 Å². The van der Waals surface area contributed by atoms with E-state index in [4.69, 9.17) is 24.8 Å². The highest BCUT2D eigenvalue weighted by Crippen LogP contribution is 2.57. The molecule has 5 N–H and O–H groups in total. The van der Waals surface area contributed by atoms with Crippen molar-refractivity contribution in [1.82, 2.24) is 10.2 Å². The lowest BCUT2D eigenvalue weighted by atomic mass is 10.2. The van der Waals surface area contributed by atoms with E-state index in [1.54, 1.807) is 11.9 Å². The van der Waals surface area contributed by atoms with E-state index in [0.29, 0.717) is 19.4 Å². The van der Waals surface area contributed by atoms with Crippen LogP contribution in [0.2, 0.25) is 0 Å². The predicted octanol–water partition coefficient (Wildman–Crippen LogP) is -0.213. The maximum Gasteiger partial charge on any atom is 0.481 e. The fourth-order valence-corrected chi connectivity index (χ4v) is 2.96. The molecule has 1 amide bonds. The number of hydrogen-bond acceptors (Lipinski definition) is 8. The number of carbonyl (C=O) groups excluding carboxylic acids is 1. The zero-order chi connectivity index (χ0) is 18.8. The summed E-state index contributed by atoms with van der Waals surface area (Å²) in [5.41, 5.74) is 0. The fraction of sp³-hybridized carbons (Fsp3) is 0.600. The van der Waals surface area contributed by atoms with Gasteiger partial charge in [-0.05, 0) is 12.5 Å². The second-order valence-electron chi connectivity index (χ2n) is 4.46. The summed E-state index contributed by atoms with van der Waals surface area (Å²) < 4.78 is 35.0. The van der Waals surface area contributed by atoms with Gasteiger partial charge in [-0.1, -0.05) is 0 Å². The number of phosphoric ester groups is 1. The summed E-state index contributed by atoms with van der Waals surface area (Å²) in [4.78, 5) is 37.9. The molecule has 2 atom stereocenters. The van der Waals surface area contributed by atoms with Crippen LogP contribution >= 0.6 is 15.6 Å². The summed E-state index contributed by atoms with van der Waals surface area (Å²) in [6.07, 6.45) is 2.94. The minimum atomic E-state index is -5.16. The van der Waals surface area contributed by atoms with Gasteiger partial charge in [0.1, 0.15) is 5.84 Å². The van der Waals surface area contributed by atoms with Crippen molar-refractivity contribution in [3.8, 4) is 0 Å². The molecular formula is C10H21N3O9P2. The number of amidine groups is 1. The molecule has 0 saturated carbocycles. The number of amides is 1. The van der Waals surface area contributed by atoms with Crippen molar-refractivity contribution in [2.75, 3.05) is 27.3 Å². The highest BCUT2D eigenvalue weighted by Gasteiger charge is 2.33. The Morgan fingerprint density at radius 3 is 2.50 bits per heavy atom. The number of methoxy groups -OCH3 is 1. The minimum Gasteiger partial charge on any atom is -0.380 e.